The summed E-state index contributed by atoms with van der Waals surface area (Å²) in [6.45, 7) is 0.659. The molecular formula is C13H12Br2O2. The average molecular weight is 360 g/mol. The summed E-state index contributed by atoms with van der Waals surface area (Å²) >= 11 is 6.71. The van der Waals surface area contributed by atoms with Gasteiger partial charge < -0.3 is 9.84 Å². The van der Waals surface area contributed by atoms with Crippen LogP contribution in [0.2, 0.25) is 0 Å². The van der Waals surface area contributed by atoms with E-state index >= 15 is 0 Å². The van der Waals surface area contributed by atoms with E-state index in [2.05, 4.69) is 31.9 Å². The van der Waals surface area contributed by atoms with Gasteiger partial charge in [-0.15, -0.1) is 0 Å². The summed E-state index contributed by atoms with van der Waals surface area (Å²) in [7, 11) is 0. The smallest absolute Gasteiger partial charge is 0.137 e. The maximum Gasteiger partial charge on any atom is 0.137 e. The van der Waals surface area contributed by atoms with Crippen LogP contribution in [-0.4, -0.2) is 17.0 Å². The van der Waals surface area contributed by atoms with E-state index in [1.54, 1.807) is 0 Å². The highest BCUT2D eigenvalue weighted by Crippen LogP contribution is 2.38. The number of hydrogen-bond acceptors (Lipinski definition) is 2. The molecule has 2 aromatic rings. The van der Waals surface area contributed by atoms with Crippen LogP contribution >= 0.6 is 31.9 Å². The van der Waals surface area contributed by atoms with E-state index in [-0.39, 0.29) is 5.75 Å². The number of benzene rings is 2. The van der Waals surface area contributed by atoms with Crippen molar-refractivity contribution in [1.29, 1.82) is 0 Å². The lowest BCUT2D eigenvalue weighted by molar-refractivity contribution is 0.322. The van der Waals surface area contributed by atoms with Crippen molar-refractivity contribution in [3.8, 4) is 11.5 Å². The highest BCUT2D eigenvalue weighted by molar-refractivity contribution is 9.10. The fourth-order valence-electron chi connectivity index (χ4n) is 1.65. The molecule has 2 nitrogen and oxygen atoms in total. The molecule has 0 aliphatic carbocycles. The molecule has 2 rings (SSSR count). The number of halogens is 2. The third kappa shape index (κ3) is 2.75. The number of ether oxygens (including phenoxy) is 1. The minimum atomic E-state index is 0.258. The number of fused-ring (bicyclic) bond motifs is 1. The lowest BCUT2D eigenvalue weighted by Gasteiger charge is -2.11. The molecule has 0 aliphatic heterocycles. The first-order valence-electron chi connectivity index (χ1n) is 5.33. The van der Waals surface area contributed by atoms with Crippen molar-refractivity contribution < 1.29 is 9.84 Å². The molecule has 0 bridgehead atoms. The van der Waals surface area contributed by atoms with Crippen molar-refractivity contribution in [3.05, 3.63) is 34.8 Å². The second-order valence-corrected chi connectivity index (χ2v) is 5.29. The summed E-state index contributed by atoms with van der Waals surface area (Å²) in [5.74, 6) is 1.06. The molecular weight excluding hydrogens is 348 g/mol. The lowest BCUT2D eigenvalue weighted by atomic mass is 10.1. The van der Waals surface area contributed by atoms with Crippen LogP contribution in [0.5, 0.6) is 11.5 Å². The first kappa shape index (κ1) is 12.7. The van der Waals surface area contributed by atoms with Gasteiger partial charge in [-0.3, -0.25) is 0 Å². The molecule has 17 heavy (non-hydrogen) atoms. The molecule has 0 saturated carbocycles. The van der Waals surface area contributed by atoms with Crippen molar-refractivity contribution >= 4 is 42.6 Å². The molecule has 0 unspecified atom stereocenters. The van der Waals surface area contributed by atoms with Gasteiger partial charge in [0.1, 0.15) is 11.5 Å². The van der Waals surface area contributed by atoms with Gasteiger partial charge >= 0.3 is 0 Å². The molecule has 0 saturated heterocycles. The molecule has 2 aromatic carbocycles. The lowest BCUT2D eigenvalue weighted by Crippen LogP contribution is -1.98. The molecule has 0 amide bonds. The van der Waals surface area contributed by atoms with E-state index in [0.717, 1.165) is 28.3 Å². The maximum absolute atomic E-state index is 9.94. The van der Waals surface area contributed by atoms with Crippen molar-refractivity contribution in [2.45, 2.75) is 6.42 Å². The summed E-state index contributed by atoms with van der Waals surface area (Å²) in [5.41, 5.74) is 0. The minimum absolute atomic E-state index is 0.258. The Bertz CT molecular complexity index is 526. The molecule has 90 valence electrons. The van der Waals surface area contributed by atoms with Crippen LogP contribution in [0, 0.1) is 0 Å². The third-order valence-electron chi connectivity index (χ3n) is 2.47. The molecule has 0 atom stereocenters. The summed E-state index contributed by atoms with van der Waals surface area (Å²) < 4.78 is 6.38. The Labute approximate surface area is 117 Å². The van der Waals surface area contributed by atoms with Crippen molar-refractivity contribution in [2.24, 2.45) is 0 Å². The second kappa shape index (κ2) is 5.74. The predicted molar refractivity (Wildman–Crippen MR) is 77.2 cm³/mol. The van der Waals surface area contributed by atoms with Gasteiger partial charge in [-0.2, -0.15) is 0 Å². The molecule has 4 heteroatoms. The third-order valence-corrected chi connectivity index (χ3v) is 3.63. The van der Waals surface area contributed by atoms with Crippen molar-refractivity contribution in [2.75, 3.05) is 11.9 Å². The molecule has 0 aromatic heterocycles. The summed E-state index contributed by atoms with van der Waals surface area (Å²) in [5, 5.41) is 12.6. The number of phenols is 1. The average Bonchev–Trinajstić information content (AvgIpc) is 2.36. The first-order chi connectivity index (χ1) is 8.24. The van der Waals surface area contributed by atoms with E-state index in [1.165, 1.54) is 0 Å². The molecule has 0 radical (unpaired) electrons. The zero-order valence-corrected chi connectivity index (χ0v) is 12.3. The van der Waals surface area contributed by atoms with Gasteiger partial charge in [-0.25, -0.2) is 0 Å². The molecule has 0 aliphatic rings. The number of alkyl halides is 1. The van der Waals surface area contributed by atoms with Crippen molar-refractivity contribution in [1.82, 2.24) is 0 Å². The number of hydrogen-bond donors (Lipinski definition) is 1. The molecule has 1 N–H and O–H groups in total. The Balaban J connectivity index is 2.44. The van der Waals surface area contributed by atoms with Crippen LogP contribution in [0.25, 0.3) is 10.8 Å². The minimum Gasteiger partial charge on any atom is -0.506 e. The van der Waals surface area contributed by atoms with Crippen LogP contribution < -0.4 is 4.74 Å². The first-order valence-corrected chi connectivity index (χ1v) is 7.24. The van der Waals surface area contributed by atoms with Crippen LogP contribution in [0.15, 0.2) is 34.8 Å². The molecule has 0 spiro atoms. The van der Waals surface area contributed by atoms with Crippen LogP contribution in [-0.2, 0) is 0 Å². The zero-order chi connectivity index (χ0) is 12.3. The Morgan fingerprint density at radius 1 is 1.18 bits per heavy atom. The fourth-order valence-corrected chi connectivity index (χ4v) is 2.30. The van der Waals surface area contributed by atoms with E-state index in [4.69, 9.17) is 4.74 Å². The summed E-state index contributed by atoms with van der Waals surface area (Å²) in [6, 6.07) is 9.48. The van der Waals surface area contributed by atoms with Gasteiger partial charge in [0, 0.05) is 16.1 Å². The molecule has 0 heterocycles. The van der Waals surface area contributed by atoms with Crippen LogP contribution in [0.3, 0.4) is 0 Å². The maximum atomic E-state index is 9.94. The van der Waals surface area contributed by atoms with Crippen LogP contribution in [0.4, 0.5) is 0 Å². The van der Waals surface area contributed by atoms with Gasteiger partial charge in [-0.05, 0) is 28.4 Å². The number of phenolic OH excluding ortho intramolecular Hbond substituents is 1. The van der Waals surface area contributed by atoms with E-state index in [9.17, 15) is 5.11 Å². The van der Waals surface area contributed by atoms with E-state index in [1.807, 2.05) is 30.3 Å². The highest BCUT2D eigenvalue weighted by Gasteiger charge is 2.09. The Morgan fingerprint density at radius 2 is 1.88 bits per heavy atom. The highest BCUT2D eigenvalue weighted by atomic mass is 79.9. The molecule has 0 fully saturated rings. The van der Waals surface area contributed by atoms with E-state index < -0.39 is 0 Å². The fraction of sp³-hybridized carbons (Fsp3) is 0.231. The summed E-state index contributed by atoms with van der Waals surface area (Å²) in [6.07, 6.45) is 0.951. The van der Waals surface area contributed by atoms with Gasteiger partial charge in [0.2, 0.25) is 0 Å². The van der Waals surface area contributed by atoms with Gasteiger partial charge in [-0.1, -0.05) is 40.2 Å². The second-order valence-electron chi connectivity index (χ2n) is 3.64. The Morgan fingerprint density at radius 3 is 2.59 bits per heavy atom. The zero-order valence-electron chi connectivity index (χ0n) is 9.12. The largest absolute Gasteiger partial charge is 0.506 e. The Hall–Kier alpha value is -0.740. The van der Waals surface area contributed by atoms with E-state index in [0.29, 0.717) is 11.1 Å². The van der Waals surface area contributed by atoms with Gasteiger partial charge in [0.15, 0.2) is 0 Å². The SMILES string of the molecule is Oc1c(Br)cc(OCCCBr)c2ccccc12. The number of aromatic hydroxyl groups is 1. The predicted octanol–water partition coefficient (Wildman–Crippen LogP) is 4.47. The van der Waals surface area contributed by atoms with Crippen molar-refractivity contribution in [3.63, 3.8) is 0 Å². The standard InChI is InChI=1S/C13H12Br2O2/c14-6-3-7-17-12-8-11(15)13(16)10-5-2-1-4-9(10)12/h1-2,4-5,8,16H,3,6-7H2. The van der Waals surface area contributed by atoms with Gasteiger partial charge in [0.05, 0.1) is 11.1 Å². The van der Waals surface area contributed by atoms with Gasteiger partial charge in [0.25, 0.3) is 0 Å². The van der Waals surface area contributed by atoms with Crippen LogP contribution in [0.1, 0.15) is 6.42 Å². The quantitative estimate of drug-likeness (QED) is 0.644. The normalized spacial score (nSPS) is 10.7. The Kier molecular flexibility index (Phi) is 4.29. The number of rotatable bonds is 4. The summed E-state index contributed by atoms with van der Waals surface area (Å²) in [4.78, 5) is 0. The topological polar surface area (TPSA) is 29.5 Å². The monoisotopic (exact) mass is 358 g/mol.